The first kappa shape index (κ1) is 14.6. The van der Waals surface area contributed by atoms with E-state index in [9.17, 15) is 4.79 Å². The maximum absolute atomic E-state index is 13.0. The van der Waals surface area contributed by atoms with Gasteiger partial charge in [0.2, 0.25) is 5.91 Å². The number of carbonyl (C=O) groups excluding carboxylic acids is 1. The Morgan fingerprint density at radius 1 is 1.29 bits per heavy atom. The molecule has 0 bridgehead atoms. The summed E-state index contributed by atoms with van der Waals surface area (Å²) in [4.78, 5) is 15.2. The number of amides is 1. The molecule has 0 saturated carbocycles. The number of piperidine rings is 1. The molecule has 0 radical (unpaired) electrons. The van der Waals surface area contributed by atoms with Crippen molar-refractivity contribution in [1.29, 1.82) is 0 Å². The molecular weight excluding hydrogens is 260 g/mol. The van der Waals surface area contributed by atoms with E-state index in [1.165, 1.54) is 17.5 Å². The van der Waals surface area contributed by atoms with Gasteiger partial charge in [-0.25, -0.2) is 0 Å². The maximum atomic E-state index is 13.0. The molecule has 1 unspecified atom stereocenters. The fourth-order valence-electron chi connectivity index (χ4n) is 3.78. The second-order valence-corrected chi connectivity index (χ2v) is 6.41. The number of fused-ring (bicyclic) bond motifs is 1. The molecule has 1 fully saturated rings. The fourth-order valence-corrected chi connectivity index (χ4v) is 3.78. The number of benzene rings is 1. The summed E-state index contributed by atoms with van der Waals surface area (Å²) in [5.41, 5.74) is 2.74. The van der Waals surface area contributed by atoms with E-state index in [1.54, 1.807) is 0 Å². The van der Waals surface area contributed by atoms with Crippen molar-refractivity contribution in [3.8, 4) is 0 Å². The second kappa shape index (κ2) is 6.61. The van der Waals surface area contributed by atoms with E-state index in [0.717, 1.165) is 45.3 Å². The van der Waals surface area contributed by atoms with Crippen LogP contribution in [0.4, 0.5) is 0 Å². The van der Waals surface area contributed by atoms with Crippen LogP contribution in [0.25, 0.3) is 0 Å². The summed E-state index contributed by atoms with van der Waals surface area (Å²) < 4.78 is 0. The third kappa shape index (κ3) is 3.13. The highest BCUT2D eigenvalue weighted by Gasteiger charge is 2.33. The normalized spacial score (nSPS) is 22.0. The summed E-state index contributed by atoms with van der Waals surface area (Å²) in [5, 5.41) is 3.44. The molecule has 3 nitrogen and oxygen atoms in total. The third-order valence-corrected chi connectivity index (χ3v) is 4.86. The number of nitrogens with zero attached hydrogens (tertiary/aromatic N) is 1. The van der Waals surface area contributed by atoms with Crippen LogP contribution < -0.4 is 5.32 Å². The smallest absolute Gasteiger partial charge is 0.226 e. The number of hydrogen-bond acceptors (Lipinski definition) is 2. The van der Waals surface area contributed by atoms with Crippen LogP contribution in [0.5, 0.6) is 0 Å². The molecule has 1 aliphatic heterocycles. The first-order valence-electron chi connectivity index (χ1n) is 8.37. The molecule has 0 aromatic heterocycles. The highest BCUT2D eigenvalue weighted by molar-refractivity contribution is 5.81. The third-order valence-electron chi connectivity index (χ3n) is 4.86. The first-order valence-corrected chi connectivity index (χ1v) is 8.37. The molecule has 1 saturated heterocycles. The van der Waals surface area contributed by atoms with Gasteiger partial charge in [-0.05, 0) is 49.8 Å². The zero-order valence-electron chi connectivity index (χ0n) is 13.0. The van der Waals surface area contributed by atoms with E-state index >= 15 is 0 Å². The van der Waals surface area contributed by atoms with E-state index < -0.39 is 0 Å². The standard InChI is InChI=1S/C18H26N2O/c1-2-10-20(17-8-5-9-19-13-17)18(21)16-11-14-6-3-4-7-15(14)12-16/h3-4,6-7,16-17,19H,2,5,8-13H2,1H3. The highest BCUT2D eigenvalue weighted by Crippen LogP contribution is 2.29. The topological polar surface area (TPSA) is 32.3 Å². The Morgan fingerprint density at radius 2 is 2.00 bits per heavy atom. The molecule has 2 aliphatic rings. The Bertz CT molecular complexity index is 469. The van der Waals surface area contributed by atoms with E-state index in [2.05, 4.69) is 41.4 Å². The highest BCUT2D eigenvalue weighted by atomic mass is 16.2. The van der Waals surface area contributed by atoms with Crippen LogP contribution in [-0.2, 0) is 17.6 Å². The van der Waals surface area contributed by atoms with Gasteiger partial charge >= 0.3 is 0 Å². The molecule has 0 spiro atoms. The van der Waals surface area contributed by atoms with Crippen molar-refractivity contribution in [1.82, 2.24) is 10.2 Å². The first-order chi connectivity index (χ1) is 10.3. The van der Waals surface area contributed by atoms with Gasteiger partial charge in [-0.3, -0.25) is 4.79 Å². The monoisotopic (exact) mass is 286 g/mol. The Labute approximate surface area is 127 Å². The van der Waals surface area contributed by atoms with Gasteiger partial charge in [0.05, 0.1) is 0 Å². The maximum Gasteiger partial charge on any atom is 0.226 e. The van der Waals surface area contributed by atoms with Crippen LogP contribution in [0.2, 0.25) is 0 Å². The predicted molar refractivity (Wildman–Crippen MR) is 85.2 cm³/mol. The molecule has 1 N–H and O–H groups in total. The van der Waals surface area contributed by atoms with E-state index in [0.29, 0.717) is 11.9 Å². The predicted octanol–water partition coefficient (Wildman–Crippen LogP) is 2.39. The summed E-state index contributed by atoms with van der Waals surface area (Å²) in [7, 11) is 0. The lowest BCUT2D eigenvalue weighted by Gasteiger charge is -2.36. The average Bonchev–Trinajstić information content (AvgIpc) is 2.97. The molecule has 114 valence electrons. The van der Waals surface area contributed by atoms with Gasteiger partial charge in [0.15, 0.2) is 0 Å². The molecule has 1 amide bonds. The van der Waals surface area contributed by atoms with E-state index in [4.69, 9.17) is 0 Å². The molecule has 3 rings (SSSR count). The van der Waals surface area contributed by atoms with Crippen LogP contribution in [0.3, 0.4) is 0 Å². The largest absolute Gasteiger partial charge is 0.338 e. The van der Waals surface area contributed by atoms with Gasteiger partial charge in [0, 0.05) is 25.0 Å². The van der Waals surface area contributed by atoms with Crippen molar-refractivity contribution in [2.24, 2.45) is 5.92 Å². The Morgan fingerprint density at radius 3 is 2.57 bits per heavy atom. The van der Waals surface area contributed by atoms with Gasteiger partial charge in [-0.15, -0.1) is 0 Å². The lowest BCUT2D eigenvalue weighted by molar-refractivity contribution is -0.138. The lowest BCUT2D eigenvalue weighted by atomic mass is 10.00. The Balaban J connectivity index is 1.70. The van der Waals surface area contributed by atoms with E-state index in [-0.39, 0.29) is 5.92 Å². The van der Waals surface area contributed by atoms with Crippen molar-refractivity contribution < 1.29 is 4.79 Å². The lowest BCUT2D eigenvalue weighted by Crippen LogP contribution is -2.50. The molecule has 21 heavy (non-hydrogen) atoms. The van der Waals surface area contributed by atoms with Crippen LogP contribution in [0.1, 0.15) is 37.3 Å². The summed E-state index contributed by atoms with van der Waals surface area (Å²) >= 11 is 0. The van der Waals surface area contributed by atoms with E-state index in [1.807, 2.05) is 0 Å². The van der Waals surface area contributed by atoms with Crippen LogP contribution in [0, 0.1) is 5.92 Å². The van der Waals surface area contributed by atoms with Crippen molar-refractivity contribution in [2.45, 2.75) is 45.1 Å². The number of rotatable bonds is 4. The van der Waals surface area contributed by atoms with Crippen molar-refractivity contribution >= 4 is 5.91 Å². The zero-order chi connectivity index (χ0) is 14.7. The molecule has 1 aliphatic carbocycles. The Hall–Kier alpha value is -1.35. The van der Waals surface area contributed by atoms with Crippen LogP contribution >= 0.6 is 0 Å². The number of carbonyl (C=O) groups is 1. The molecule has 3 heteroatoms. The minimum absolute atomic E-state index is 0.163. The SMILES string of the molecule is CCCN(C(=O)C1Cc2ccccc2C1)C1CCCNC1. The minimum Gasteiger partial charge on any atom is -0.338 e. The summed E-state index contributed by atoms with van der Waals surface area (Å²) in [5.74, 6) is 0.539. The average molecular weight is 286 g/mol. The number of nitrogens with one attached hydrogen (secondary N) is 1. The molecule has 1 aromatic rings. The van der Waals surface area contributed by atoms with Crippen molar-refractivity contribution in [2.75, 3.05) is 19.6 Å². The summed E-state index contributed by atoms with van der Waals surface area (Å²) in [6.07, 6.45) is 5.23. The van der Waals surface area contributed by atoms with Crippen molar-refractivity contribution in [3.63, 3.8) is 0 Å². The van der Waals surface area contributed by atoms with Crippen LogP contribution in [0.15, 0.2) is 24.3 Å². The molecule has 1 atom stereocenters. The van der Waals surface area contributed by atoms with Gasteiger partial charge in [-0.2, -0.15) is 0 Å². The number of hydrogen-bond donors (Lipinski definition) is 1. The quantitative estimate of drug-likeness (QED) is 0.922. The van der Waals surface area contributed by atoms with Gasteiger partial charge < -0.3 is 10.2 Å². The van der Waals surface area contributed by atoms with Crippen molar-refractivity contribution in [3.05, 3.63) is 35.4 Å². The molecular formula is C18H26N2O. The van der Waals surface area contributed by atoms with Gasteiger partial charge in [0.1, 0.15) is 0 Å². The fraction of sp³-hybridized carbons (Fsp3) is 0.611. The summed E-state index contributed by atoms with van der Waals surface area (Å²) in [6, 6.07) is 8.92. The van der Waals surface area contributed by atoms with Gasteiger partial charge in [0.25, 0.3) is 0 Å². The van der Waals surface area contributed by atoms with Gasteiger partial charge in [-0.1, -0.05) is 31.2 Å². The molecule has 1 heterocycles. The summed E-state index contributed by atoms with van der Waals surface area (Å²) in [6.45, 7) is 5.13. The second-order valence-electron chi connectivity index (χ2n) is 6.41. The zero-order valence-corrected chi connectivity index (χ0v) is 13.0. The molecule has 1 aromatic carbocycles. The Kier molecular flexibility index (Phi) is 4.59. The minimum atomic E-state index is 0.163. The van der Waals surface area contributed by atoms with Crippen LogP contribution in [-0.4, -0.2) is 36.5 Å².